The van der Waals surface area contributed by atoms with E-state index >= 15 is 0 Å². The third kappa shape index (κ3) is 3.25. The van der Waals surface area contributed by atoms with Gasteiger partial charge in [0.05, 0.1) is 19.3 Å². The highest BCUT2D eigenvalue weighted by Gasteiger charge is 2.25. The molecule has 5 heterocycles. The maximum atomic E-state index is 5.64. The van der Waals surface area contributed by atoms with Gasteiger partial charge in [-0.3, -0.25) is 0 Å². The maximum absolute atomic E-state index is 5.64. The van der Waals surface area contributed by atoms with Gasteiger partial charge in [-0.25, -0.2) is 15.0 Å². The number of pyridine rings is 1. The number of piperidine rings is 1. The van der Waals surface area contributed by atoms with Crippen LogP contribution in [0.4, 0.5) is 5.82 Å². The van der Waals surface area contributed by atoms with Gasteiger partial charge in [0.25, 0.3) is 0 Å². The molecule has 5 rings (SSSR count). The number of nitrogens with one attached hydrogen (secondary N) is 2. The van der Waals surface area contributed by atoms with Gasteiger partial charge in [-0.15, -0.1) is 0 Å². The number of anilines is 1. The van der Waals surface area contributed by atoms with Crippen LogP contribution in [0.25, 0.3) is 22.4 Å². The third-order valence-electron chi connectivity index (χ3n) is 5.85. The van der Waals surface area contributed by atoms with E-state index < -0.39 is 0 Å². The topological polar surface area (TPSA) is 79.0 Å². The van der Waals surface area contributed by atoms with E-state index in [4.69, 9.17) is 14.7 Å². The highest BCUT2D eigenvalue weighted by molar-refractivity contribution is 5.91. The summed E-state index contributed by atoms with van der Waals surface area (Å²) in [6, 6.07) is 6.58. The van der Waals surface area contributed by atoms with Crippen molar-refractivity contribution in [1.29, 1.82) is 0 Å². The molecular weight excluding hydrogens is 352 g/mol. The molecule has 0 saturated carbocycles. The van der Waals surface area contributed by atoms with E-state index in [1.165, 1.54) is 0 Å². The molecule has 146 valence electrons. The van der Waals surface area contributed by atoms with Gasteiger partial charge in [0, 0.05) is 47.6 Å². The van der Waals surface area contributed by atoms with Gasteiger partial charge in [0.1, 0.15) is 11.5 Å². The molecule has 0 amide bonds. The van der Waals surface area contributed by atoms with E-state index in [-0.39, 0.29) is 0 Å². The Morgan fingerprint density at radius 3 is 2.93 bits per heavy atom. The van der Waals surface area contributed by atoms with E-state index in [0.29, 0.717) is 12.0 Å². The first kappa shape index (κ1) is 17.6. The van der Waals surface area contributed by atoms with Gasteiger partial charge in [0.2, 0.25) is 0 Å². The summed E-state index contributed by atoms with van der Waals surface area (Å²) in [7, 11) is 0. The van der Waals surface area contributed by atoms with Gasteiger partial charge < -0.3 is 19.9 Å². The van der Waals surface area contributed by atoms with Gasteiger partial charge in [-0.1, -0.05) is 0 Å². The summed E-state index contributed by atoms with van der Waals surface area (Å²) < 4.78 is 5.64. The van der Waals surface area contributed by atoms with Crippen LogP contribution < -0.4 is 10.2 Å². The fourth-order valence-corrected chi connectivity index (χ4v) is 4.27. The van der Waals surface area contributed by atoms with Crippen molar-refractivity contribution in [3.63, 3.8) is 0 Å². The first-order chi connectivity index (χ1) is 13.8. The summed E-state index contributed by atoms with van der Waals surface area (Å²) in [5.41, 5.74) is 3.06. The van der Waals surface area contributed by atoms with Crippen LogP contribution in [0.1, 0.15) is 31.4 Å². The Bertz CT molecular complexity index is 964. The van der Waals surface area contributed by atoms with Crippen molar-refractivity contribution in [1.82, 2.24) is 25.3 Å². The molecule has 0 spiro atoms. The minimum Gasteiger partial charge on any atom is -0.377 e. The maximum Gasteiger partial charge on any atom is 0.162 e. The zero-order chi connectivity index (χ0) is 18.9. The predicted molar refractivity (Wildman–Crippen MR) is 110 cm³/mol. The van der Waals surface area contributed by atoms with Crippen molar-refractivity contribution in [2.75, 3.05) is 37.7 Å². The van der Waals surface area contributed by atoms with Crippen LogP contribution in [0.15, 0.2) is 30.6 Å². The third-order valence-corrected chi connectivity index (χ3v) is 5.85. The second kappa shape index (κ2) is 7.48. The van der Waals surface area contributed by atoms with Crippen LogP contribution in [0.5, 0.6) is 0 Å². The Morgan fingerprint density at radius 1 is 1.18 bits per heavy atom. The van der Waals surface area contributed by atoms with Gasteiger partial charge in [-0.05, 0) is 45.0 Å². The molecule has 0 aromatic carbocycles. The van der Waals surface area contributed by atoms with Crippen LogP contribution in [-0.2, 0) is 4.74 Å². The molecule has 2 N–H and O–H groups in total. The Balaban J connectivity index is 1.63. The Hall–Kier alpha value is -2.51. The molecule has 2 aliphatic heterocycles. The molecule has 1 atom stereocenters. The van der Waals surface area contributed by atoms with Crippen molar-refractivity contribution in [3.05, 3.63) is 36.3 Å². The number of ether oxygens (including phenoxy) is 1. The number of morpholine rings is 1. The molecule has 7 heteroatoms. The number of nitrogens with zero attached hydrogens (tertiary/aromatic N) is 4. The molecule has 0 radical (unpaired) electrons. The standard InChI is InChI=1S/C21H26N6O/c1-14-13-28-11-10-27(14)19-12-18(15-2-6-22-7-3-15)25-21(26-19)17-5-9-24-20-16(17)4-8-23-20/h4-5,8-9,12,14-15,22H,2-3,6-7,10-11,13H2,1H3,(H,23,24)/t14-/m1/s1. The van der Waals surface area contributed by atoms with Crippen molar-refractivity contribution in [2.24, 2.45) is 0 Å². The lowest BCUT2D eigenvalue weighted by Gasteiger charge is -2.35. The van der Waals surface area contributed by atoms with E-state index in [1.54, 1.807) is 0 Å². The lowest BCUT2D eigenvalue weighted by molar-refractivity contribution is 0.0985. The van der Waals surface area contributed by atoms with Crippen LogP contribution >= 0.6 is 0 Å². The molecule has 2 aliphatic rings. The first-order valence-electron chi connectivity index (χ1n) is 10.2. The average molecular weight is 378 g/mol. The smallest absolute Gasteiger partial charge is 0.162 e. The van der Waals surface area contributed by atoms with Crippen molar-refractivity contribution >= 4 is 16.9 Å². The summed E-state index contributed by atoms with van der Waals surface area (Å²) in [6.07, 6.45) is 5.98. The number of aromatic amines is 1. The predicted octanol–water partition coefficient (Wildman–Crippen LogP) is 2.71. The van der Waals surface area contributed by atoms with Crippen LogP contribution in [0.2, 0.25) is 0 Å². The zero-order valence-electron chi connectivity index (χ0n) is 16.2. The second-order valence-electron chi connectivity index (χ2n) is 7.71. The number of hydrogen-bond donors (Lipinski definition) is 2. The molecule has 28 heavy (non-hydrogen) atoms. The zero-order valence-corrected chi connectivity index (χ0v) is 16.2. The van der Waals surface area contributed by atoms with Crippen molar-refractivity contribution in [3.8, 4) is 11.4 Å². The molecule has 3 aromatic rings. The molecule has 0 unspecified atom stereocenters. The van der Waals surface area contributed by atoms with E-state index in [9.17, 15) is 0 Å². The largest absolute Gasteiger partial charge is 0.377 e. The quantitative estimate of drug-likeness (QED) is 0.730. The summed E-state index contributed by atoms with van der Waals surface area (Å²) in [5.74, 6) is 2.27. The molecule has 7 nitrogen and oxygen atoms in total. The van der Waals surface area contributed by atoms with Crippen LogP contribution in [0.3, 0.4) is 0 Å². The lowest BCUT2D eigenvalue weighted by atomic mass is 9.94. The fourth-order valence-electron chi connectivity index (χ4n) is 4.27. The molecule has 2 fully saturated rings. The normalized spacial score (nSPS) is 21.3. The van der Waals surface area contributed by atoms with Crippen molar-refractivity contribution < 1.29 is 4.74 Å². The molecular formula is C21H26N6O. The molecule has 0 aliphatic carbocycles. The van der Waals surface area contributed by atoms with E-state index in [0.717, 1.165) is 79.6 Å². The summed E-state index contributed by atoms with van der Waals surface area (Å²) in [4.78, 5) is 20.0. The molecule has 2 saturated heterocycles. The first-order valence-corrected chi connectivity index (χ1v) is 10.2. The van der Waals surface area contributed by atoms with Crippen LogP contribution in [0, 0.1) is 0 Å². The Kier molecular flexibility index (Phi) is 4.70. The second-order valence-corrected chi connectivity index (χ2v) is 7.71. The van der Waals surface area contributed by atoms with Crippen LogP contribution in [-0.4, -0.2) is 58.8 Å². The van der Waals surface area contributed by atoms with Crippen molar-refractivity contribution in [2.45, 2.75) is 31.7 Å². The highest BCUT2D eigenvalue weighted by Crippen LogP contribution is 2.32. The number of rotatable bonds is 3. The van der Waals surface area contributed by atoms with Gasteiger partial charge in [0.15, 0.2) is 5.82 Å². The number of hydrogen-bond acceptors (Lipinski definition) is 6. The summed E-state index contributed by atoms with van der Waals surface area (Å²) in [5, 5.41) is 4.51. The Labute approximate surface area is 164 Å². The van der Waals surface area contributed by atoms with E-state index in [2.05, 4.69) is 39.2 Å². The monoisotopic (exact) mass is 378 g/mol. The Morgan fingerprint density at radius 2 is 2.07 bits per heavy atom. The number of aromatic nitrogens is 4. The van der Waals surface area contributed by atoms with E-state index in [1.807, 2.05) is 18.5 Å². The number of fused-ring (bicyclic) bond motifs is 1. The summed E-state index contributed by atoms with van der Waals surface area (Å²) in [6.45, 7) is 6.62. The minimum absolute atomic E-state index is 0.307. The average Bonchev–Trinajstić information content (AvgIpc) is 3.23. The molecule has 0 bridgehead atoms. The summed E-state index contributed by atoms with van der Waals surface area (Å²) >= 11 is 0. The van der Waals surface area contributed by atoms with Gasteiger partial charge >= 0.3 is 0 Å². The number of H-pyrrole nitrogens is 1. The SMILES string of the molecule is C[C@@H]1COCCN1c1cc(C2CCNCC2)nc(-c2ccnc3[nH]ccc23)n1. The fraction of sp³-hybridized carbons (Fsp3) is 0.476. The highest BCUT2D eigenvalue weighted by atomic mass is 16.5. The van der Waals surface area contributed by atoms with Gasteiger partial charge in [-0.2, -0.15) is 0 Å². The molecule has 3 aromatic heterocycles. The minimum atomic E-state index is 0.307. The lowest BCUT2D eigenvalue weighted by Crippen LogP contribution is -2.44.